The maximum absolute atomic E-state index is 13.2. The van der Waals surface area contributed by atoms with Crippen LogP contribution in [0, 0.1) is 5.92 Å². The number of likely N-dealkylation sites (tertiary alicyclic amines) is 1. The van der Waals surface area contributed by atoms with Crippen molar-refractivity contribution in [2.75, 3.05) is 18.1 Å². The molecule has 2 unspecified atom stereocenters. The average molecular weight is 483 g/mol. The molecule has 1 saturated heterocycles. The van der Waals surface area contributed by atoms with Crippen LogP contribution >= 0.6 is 23.5 Å². The number of carboxylic acid groups (broad SMARTS) is 2. The molecule has 3 N–H and O–H groups in total. The van der Waals surface area contributed by atoms with E-state index in [1.807, 2.05) is 30.3 Å². The fraction of sp³-hybridized carbons (Fsp3) is 0.609. The Labute approximate surface area is 198 Å². The Balaban J connectivity index is 2.05. The highest BCUT2D eigenvalue weighted by molar-refractivity contribution is 8.17. The molecule has 0 aliphatic carbocycles. The Kier molecular flexibility index (Phi) is 10.9. The summed E-state index contributed by atoms with van der Waals surface area (Å²) in [6, 6.07) is 7.04. The van der Waals surface area contributed by atoms with Crippen LogP contribution in [-0.4, -0.2) is 73.7 Å². The zero-order chi connectivity index (χ0) is 23.7. The number of benzene rings is 1. The fourth-order valence-corrected chi connectivity index (χ4v) is 6.84. The number of nitrogens with zero attached hydrogens (tertiary/aromatic N) is 1. The van der Waals surface area contributed by atoms with Crippen molar-refractivity contribution in [1.29, 1.82) is 0 Å². The van der Waals surface area contributed by atoms with Gasteiger partial charge in [-0.1, -0.05) is 44.2 Å². The third kappa shape index (κ3) is 7.42. The van der Waals surface area contributed by atoms with Crippen LogP contribution in [0.4, 0.5) is 0 Å². The Morgan fingerprint density at radius 2 is 1.75 bits per heavy atom. The van der Waals surface area contributed by atoms with Crippen molar-refractivity contribution >= 4 is 41.4 Å². The smallest absolute Gasteiger partial charge is 0.326 e. The van der Waals surface area contributed by atoms with Crippen LogP contribution < -0.4 is 5.32 Å². The number of aliphatic carboxylic acids is 2. The van der Waals surface area contributed by atoms with Crippen molar-refractivity contribution in [2.24, 2.45) is 5.92 Å². The normalized spacial score (nSPS) is 20.3. The van der Waals surface area contributed by atoms with Crippen LogP contribution in [0.5, 0.6) is 0 Å². The summed E-state index contributed by atoms with van der Waals surface area (Å²) in [6.07, 6.45) is 1.33. The molecule has 0 aromatic heterocycles. The molecule has 0 spiro atoms. The van der Waals surface area contributed by atoms with Gasteiger partial charge in [0.2, 0.25) is 5.91 Å². The molecule has 178 valence electrons. The predicted molar refractivity (Wildman–Crippen MR) is 130 cm³/mol. The monoisotopic (exact) mass is 482 g/mol. The quantitative estimate of drug-likeness (QED) is 0.368. The van der Waals surface area contributed by atoms with Gasteiger partial charge in [-0.25, -0.2) is 4.79 Å². The number of carbonyl (C=O) groups is 3. The molecule has 1 aromatic carbocycles. The minimum absolute atomic E-state index is 0.0931. The van der Waals surface area contributed by atoms with Gasteiger partial charge in [0.25, 0.3) is 0 Å². The first-order valence-electron chi connectivity index (χ1n) is 11.1. The molecule has 7 nitrogen and oxygen atoms in total. The molecular formula is C23H34N2O5S2. The second-order valence-electron chi connectivity index (χ2n) is 7.92. The number of hydrogen-bond acceptors (Lipinski definition) is 6. The number of thioether (sulfide) groups is 2. The molecule has 1 aliphatic rings. The zero-order valence-electron chi connectivity index (χ0n) is 18.9. The lowest BCUT2D eigenvalue weighted by Crippen LogP contribution is -2.53. The predicted octanol–water partition coefficient (Wildman–Crippen LogP) is 3.18. The molecule has 4 atom stereocenters. The Bertz CT molecular complexity index is 758. The van der Waals surface area contributed by atoms with Gasteiger partial charge in [0.15, 0.2) is 0 Å². The minimum atomic E-state index is -1.02. The molecule has 9 heteroatoms. The van der Waals surface area contributed by atoms with E-state index in [1.54, 1.807) is 30.4 Å². The van der Waals surface area contributed by atoms with Gasteiger partial charge in [0.1, 0.15) is 12.1 Å². The fourth-order valence-electron chi connectivity index (χ4n) is 4.05. The summed E-state index contributed by atoms with van der Waals surface area (Å²) in [6.45, 7) is 6.15. The molecular weight excluding hydrogens is 448 g/mol. The summed E-state index contributed by atoms with van der Waals surface area (Å²) in [7, 11) is 0. The summed E-state index contributed by atoms with van der Waals surface area (Å²) in [4.78, 5) is 38.3. The van der Waals surface area contributed by atoms with E-state index in [2.05, 4.69) is 19.2 Å². The number of carboxylic acids is 2. The van der Waals surface area contributed by atoms with E-state index in [9.17, 15) is 24.6 Å². The lowest BCUT2D eigenvalue weighted by atomic mass is 10.0. The third-order valence-electron chi connectivity index (χ3n) is 5.63. The van der Waals surface area contributed by atoms with Crippen molar-refractivity contribution in [2.45, 2.75) is 62.7 Å². The van der Waals surface area contributed by atoms with Gasteiger partial charge in [0.05, 0.1) is 10.6 Å². The van der Waals surface area contributed by atoms with Gasteiger partial charge in [-0.05, 0) is 43.3 Å². The molecule has 0 bridgehead atoms. The first kappa shape index (κ1) is 26.5. The van der Waals surface area contributed by atoms with Gasteiger partial charge in [-0.2, -0.15) is 0 Å². The second-order valence-corrected chi connectivity index (χ2v) is 11.1. The number of aryl methyl sites for hydroxylation is 1. The minimum Gasteiger partial charge on any atom is -0.480 e. The van der Waals surface area contributed by atoms with E-state index >= 15 is 0 Å². The van der Waals surface area contributed by atoms with Crippen LogP contribution in [0.15, 0.2) is 30.3 Å². The second kappa shape index (κ2) is 13.1. The van der Waals surface area contributed by atoms with E-state index in [4.69, 9.17) is 0 Å². The standard InChI is InChI=1S/C23H34N2O5S2/c1-4-31-23(32-5-2)17-13-19(22(29)30)25(14-17)20(26)15(3)24-18(21(27)28)12-11-16-9-7-6-8-10-16/h6-10,15,17-19,23-24H,4-5,11-14H2,1-3H3,(H,27,28)(H,29,30)/t15-,17?,18?,19-/m0/s1. The molecule has 1 amide bonds. The van der Waals surface area contributed by atoms with Crippen LogP contribution in [0.3, 0.4) is 0 Å². The van der Waals surface area contributed by atoms with Crippen LogP contribution in [-0.2, 0) is 20.8 Å². The molecule has 2 rings (SSSR count). The summed E-state index contributed by atoms with van der Waals surface area (Å²) >= 11 is 3.58. The van der Waals surface area contributed by atoms with E-state index in [1.165, 1.54) is 4.90 Å². The van der Waals surface area contributed by atoms with Crippen LogP contribution in [0.25, 0.3) is 0 Å². The first-order chi connectivity index (χ1) is 15.3. The maximum Gasteiger partial charge on any atom is 0.326 e. The number of rotatable bonds is 13. The Morgan fingerprint density at radius 1 is 1.12 bits per heavy atom. The van der Waals surface area contributed by atoms with Crippen molar-refractivity contribution in [3.05, 3.63) is 35.9 Å². The highest BCUT2D eigenvalue weighted by Crippen LogP contribution is 2.38. The topological polar surface area (TPSA) is 107 Å². The lowest BCUT2D eigenvalue weighted by Gasteiger charge is -2.28. The van der Waals surface area contributed by atoms with E-state index < -0.39 is 30.1 Å². The van der Waals surface area contributed by atoms with Gasteiger partial charge >= 0.3 is 11.9 Å². The van der Waals surface area contributed by atoms with Crippen molar-refractivity contribution < 1.29 is 24.6 Å². The highest BCUT2D eigenvalue weighted by Gasteiger charge is 2.44. The van der Waals surface area contributed by atoms with E-state index in [0.29, 0.717) is 25.8 Å². The van der Waals surface area contributed by atoms with E-state index in [0.717, 1.165) is 17.1 Å². The van der Waals surface area contributed by atoms with Crippen molar-refractivity contribution in [3.8, 4) is 0 Å². The number of amides is 1. The SMILES string of the molecule is CCSC(SCC)C1C[C@@H](C(=O)O)N(C(=O)[C@H](C)NC(CCc2ccccc2)C(=O)O)C1. The van der Waals surface area contributed by atoms with Crippen LogP contribution in [0.1, 0.15) is 39.2 Å². The van der Waals surface area contributed by atoms with Crippen LogP contribution in [0.2, 0.25) is 0 Å². The Morgan fingerprint density at radius 3 is 2.28 bits per heavy atom. The average Bonchev–Trinajstić information content (AvgIpc) is 3.22. The molecule has 0 radical (unpaired) electrons. The molecule has 1 aromatic rings. The summed E-state index contributed by atoms with van der Waals surface area (Å²) in [5.41, 5.74) is 1.03. The highest BCUT2D eigenvalue weighted by atomic mass is 32.2. The zero-order valence-corrected chi connectivity index (χ0v) is 20.5. The lowest BCUT2D eigenvalue weighted by molar-refractivity contribution is -0.149. The first-order valence-corrected chi connectivity index (χ1v) is 13.2. The summed E-state index contributed by atoms with van der Waals surface area (Å²) in [5.74, 6) is -0.427. The largest absolute Gasteiger partial charge is 0.480 e. The molecule has 0 saturated carbocycles. The molecule has 1 aliphatic heterocycles. The van der Waals surface area contributed by atoms with Gasteiger partial charge in [0, 0.05) is 12.5 Å². The molecule has 1 fully saturated rings. The number of carbonyl (C=O) groups excluding carboxylic acids is 1. The van der Waals surface area contributed by atoms with Gasteiger partial charge in [-0.3, -0.25) is 14.9 Å². The van der Waals surface area contributed by atoms with Crippen molar-refractivity contribution in [3.63, 3.8) is 0 Å². The summed E-state index contributed by atoms with van der Waals surface area (Å²) in [5, 5.41) is 22.3. The number of nitrogens with one attached hydrogen (secondary N) is 1. The van der Waals surface area contributed by atoms with Gasteiger partial charge in [-0.15, -0.1) is 23.5 Å². The van der Waals surface area contributed by atoms with Crippen molar-refractivity contribution in [1.82, 2.24) is 10.2 Å². The Hall–Kier alpha value is -1.71. The van der Waals surface area contributed by atoms with Gasteiger partial charge < -0.3 is 15.1 Å². The third-order valence-corrected chi connectivity index (χ3v) is 8.54. The summed E-state index contributed by atoms with van der Waals surface area (Å²) < 4.78 is 0.241. The maximum atomic E-state index is 13.2. The number of hydrogen-bond donors (Lipinski definition) is 3. The molecule has 32 heavy (non-hydrogen) atoms. The van der Waals surface area contributed by atoms with E-state index in [-0.39, 0.29) is 16.4 Å². The molecule has 1 heterocycles.